The molecule has 0 spiro atoms. The molecule has 0 saturated carbocycles. The summed E-state index contributed by atoms with van der Waals surface area (Å²) in [5, 5.41) is 9.63. The lowest BCUT2D eigenvalue weighted by Crippen LogP contribution is -2.47. The summed E-state index contributed by atoms with van der Waals surface area (Å²) in [4.78, 5) is 9.60. The first-order valence-corrected chi connectivity index (χ1v) is 9.01. The zero-order valence-corrected chi connectivity index (χ0v) is 15.4. The molecule has 0 amide bonds. The Labute approximate surface area is 153 Å². The minimum Gasteiger partial charge on any atom is -0.355 e. The average Bonchev–Trinajstić information content (AvgIpc) is 3.00. The van der Waals surface area contributed by atoms with Gasteiger partial charge in [-0.1, -0.05) is 24.3 Å². The highest BCUT2D eigenvalue weighted by atomic mass is 15.3. The zero-order valence-electron chi connectivity index (χ0n) is 15.4. The highest BCUT2D eigenvalue weighted by molar-refractivity contribution is 5.85. The number of anilines is 1. The van der Waals surface area contributed by atoms with E-state index in [9.17, 15) is 5.26 Å². The fourth-order valence-corrected chi connectivity index (χ4v) is 3.82. The summed E-state index contributed by atoms with van der Waals surface area (Å²) in [7, 11) is 0. The van der Waals surface area contributed by atoms with Gasteiger partial charge >= 0.3 is 0 Å². The molecule has 5 heteroatoms. The molecule has 3 aromatic rings. The predicted octanol–water partition coefficient (Wildman–Crippen LogP) is 3.37. The number of hydrogen-bond acceptors (Lipinski definition) is 4. The number of rotatable bonds is 3. The quantitative estimate of drug-likeness (QED) is 0.683. The van der Waals surface area contributed by atoms with Crippen LogP contribution in [0.25, 0.3) is 16.7 Å². The molecule has 0 atom stereocenters. The summed E-state index contributed by atoms with van der Waals surface area (Å²) in [5.41, 5.74) is 5.58. The van der Waals surface area contributed by atoms with Crippen molar-refractivity contribution < 1.29 is 0 Å². The molecular formula is C21H23N5. The Balaban J connectivity index is 1.81. The molecule has 132 valence electrons. The average molecular weight is 345 g/mol. The van der Waals surface area contributed by atoms with Crippen molar-refractivity contribution >= 4 is 22.5 Å². The maximum atomic E-state index is 9.63. The summed E-state index contributed by atoms with van der Waals surface area (Å²) in [5.74, 6) is 1.13. The summed E-state index contributed by atoms with van der Waals surface area (Å²) in [6.07, 6.45) is 0. The van der Waals surface area contributed by atoms with Gasteiger partial charge in [-0.25, -0.2) is 4.98 Å². The van der Waals surface area contributed by atoms with Crippen molar-refractivity contribution in [2.75, 3.05) is 37.6 Å². The third kappa shape index (κ3) is 2.73. The monoisotopic (exact) mass is 345 g/mol. The van der Waals surface area contributed by atoms with Crippen molar-refractivity contribution in [2.45, 2.75) is 13.8 Å². The van der Waals surface area contributed by atoms with Gasteiger partial charge in [0.05, 0.1) is 16.6 Å². The fourth-order valence-electron chi connectivity index (χ4n) is 3.82. The van der Waals surface area contributed by atoms with Gasteiger partial charge in [-0.05, 0) is 37.6 Å². The standard InChI is InChI=1S/C21H23N5/c1-15(2)14-24-8-10-25(11-9-24)20-12-16(3)17(13-22)21-23-18-6-4-5-7-19(18)26(20)21/h4-7,12H,1,8-11,14H2,2-3H3. The van der Waals surface area contributed by atoms with Crippen LogP contribution >= 0.6 is 0 Å². The van der Waals surface area contributed by atoms with Gasteiger partial charge in [0.25, 0.3) is 0 Å². The maximum Gasteiger partial charge on any atom is 0.157 e. The third-order valence-electron chi connectivity index (χ3n) is 5.06. The molecular weight excluding hydrogens is 322 g/mol. The Kier molecular flexibility index (Phi) is 4.14. The van der Waals surface area contributed by atoms with E-state index in [1.165, 1.54) is 5.57 Å². The van der Waals surface area contributed by atoms with E-state index in [1.54, 1.807) is 0 Å². The molecule has 0 bridgehead atoms. The maximum absolute atomic E-state index is 9.63. The minimum atomic E-state index is 0.658. The molecule has 0 N–H and O–H groups in total. The number of pyridine rings is 1. The van der Waals surface area contributed by atoms with Crippen molar-refractivity contribution in [3.8, 4) is 6.07 Å². The molecule has 0 radical (unpaired) electrons. The number of nitrogens with zero attached hydrogens (tertiary/aromatic N) is 5. The zero-order chi connectivity index (χ0) is 18.3. The molecule has 26 heavy (non-hydrogen) atoms. The van der Waals surface area contributed by atoms with E-state index in [0.717, 1.165) is 60.8 Å². The van der Waals surface area contributed by atoms with E-state index in [-0.39, 0.29) is 0 Å². The van der Waals surface area contributed by atoms with Crippen LogP contribution in [0.5, 0.6) is 0 Å². The Morgan fingerprint density at radius 3 is 2.65 bits per heavy atom. The number of aryl methyl sites for hydroxylation is 1. The van der Waals surface area contributed by atoms with Gasteiger partial charge in [-0.3, -0.25) is 9.30 Å². The lowest BCUT2D eigenvalue weighted by Gasteiger charge is -2.36. The lowest BCUT2D eigenvalue weighted by molar-refractivity contribution is 0.278. The van der Waals surface area contributed by atoms with E-state index in [1.807, 2.05) is 25.1 Å². The van der Waals surface area contributed by atoms with Crippen LogP contribution in [-0.4, -0.2) is 47.0 Å². The van der Waals surface area contributed by atoms with E-state index in [2.05, 4.69) is 45.9 Å². The van der Waals surface area contributed by atoms with Crippen molar-refractivity contribution in [2.24, 2.45) is 0 Å². The second kappa shape index (κ2) is 6.47. The molecule has 1 saturated heterocycles. The second-order valence-corrected chi connectivity index (χ2v) is 7.15. The molecule has 3 heterocycles. The van der Waals surface area contributed by atoms with Crippen LogP contribution in [0.1, 0.15) is 18.1 Å². The molecule has 2 aromatic heterocycles. The normalized spacial score (nSPS) is 15.5. The predicted molar refractivity (Wildman–Crippen MR) is 106 cm³/mol. The minimum absolute atomic E-state index is 0.658. The van der Waals surface area contributed by atoms with Crippen molar-refractivity contribution in [1.29, 1.82) is 5.26 Å². The SMILES string of the molecule is C=C(C)CN1CCN(c2cc(C)c(C#N)c3nc4ccccc4n23)CC1. The fraction of sp³-hybridized carbons (Fsp3) is 0.333. The highest BCUT2D eigenvalue weighted by Gasteiger charge is 2.22. The van der Waals surface area contributed by atoms with Gasteiger partial charge in [0, 0.05) is 32.7 Å². The molecule has 0 unspecified atom stereocenters. The molecule has 4 rings (SSSR count). The van der Waals surface area contributed by atoms with Gasteiger partial charge in [0.2, 0.25) is 0 Å². The molecule has 1 aliphatic heterocycles. The number of para-hydroxylation sites is 2. The first kappa shape index (κ1) is 16.6. The van der Waals surface area contributed by atoms with E-state index >= 15 is 0 Å². The van der Waals surface area contributed by atoms with E-state index < -0.39 is 0 Å². The number of benzene rings is 1. The topological polar surface area (TPSA) is 47.6 Å². The first-order chi connectivity index (χ1) is 12.6. The summed E-state index contributed by atoms with van der Waals surface area (Å²) >= 11 is 0. The van der Waals surface area contributed by atoms with Crippen molar-refractivity contribution in [3.63, 3.8) is 0 Å². The van der Waals surface area contributed by atoms with Gasteiger partial charge in [0.15, 0.2) is 5.65 Å². The van der Waals surface area contributed by atoms with Crippen LogP contribution in [0.2, 0.25) is 0 Å². The van der Waals surface area contributed by atoms with E-state index in [4.69, 9.17) is 4.98 Å². The highest BCUT2D eigenvalue weighted by Crippen LogP contribution is 2.29. The number of aromatic nitrogens is 2. The Hall–Kier alpha value is -2.84. The Morgan fingerprint density at radius 2 is 1.96 bits per heavy atom. The van der Waals surface area contributed by atoms with Gasteiger partial charge < -0.3 is 4.90 Å². The van der Waals surface area contributed by atoms with Crippen LogP contribution in [-0.2, 0) is 0 Å². The largest absolute Gasteiger partial charge is 0.355 e. The summed E-state index contributed by atoms with van der Waals surface area (Å²) in [6.45, 7) is 13.0. The van der Waals surface area contributed by atoms with E-state index in [0.29, 0.717) is 5.56 Å². The molecule has 1 fully saturated rings. The van der Waals surface area contributed by atoms with Crippen LogP contribution < -0.4 is 4.90 Å². The Bertz CT molecular complexity index is 1030. The lowest BCUT2D eigenvalue weighted by atomic mass is 10.1. The molecule has 0 aliphatic carbocycles. The van der Waals surface area contributed by atoms with Crippen LogP contribution in [0.4, 0.5) is 5.82 Å². The first-order valence-electron chi connectivity index (χ1n) is 9.01. The van der Waals surface area contributed by atoms with Crippen LogP contribution in [0, 0.1) is 18.3 Å². The number of piperazine rings is 1. The number of fused-ring (bicyclic) bond motifs is 3. The Morgan fingerprint density at radius 1 is 1.23 bits per heavy atom. The van der Waals surface area contributed by atoms with Crippen LogP contribution in [0.3, 0.4) is 0 Å². The summed E-state index contributed by atoms with van der Waals surface area (Å²) in [6, 6.07) is 12.6. The third-order valence-corrected chi connectivity index (χ3v) is 5.06. The van der Waals surface area contributed by atoms with Crippen molar-refractivity contribution in [3.05, 3.63) is 53.6 Å². The molecule has 1 aliphatic rings. The molecule has 1 aromatic carbocycles. The number of hydrogen-bond donors (Lipinski definition) is 0. The molecule has 5 nitrogen and oxygen atoms in total. The number of nitriles is 1. The van der Waals surface area contributed by atoms with Gasteiger partial charge in [-0.15, -0.1) is 0 Å². The summed E-state index contributed by atoms with van der Waals surface area (Å²) < 4.78 is 2.15. The van der Waals surface area contributed by atoms with Crippen LogP contribution in [0.15, 0.2) is 42.5 Å². The van der Waals surface area contributed by atoms with Gasteiger partial charge in [0.1, 0.15) is 11.9 Å². The van der Waals surface area contributed by atoms with Gasteiger partial charge in [-0.2, -0.15) is 5.26 Å². The number of imidazole rings is 1. The van der Waals surface area contributed by atoms with Crippen molar-refractivity contribution in [1.82, 2.24) is 14.3 Å². The second-order valence-electron chi connectivity index (χ2n) is 7.15. The smallest absolute Gasteiger partial charge is 0.157 e.